The highest BCUT2D eigenvalue weighted by Gasteiger charge is 2.19. The van der Waals surface area contributed by atoms with E-state index in [9.17, 15) is 8.42 Å². The van der Waals surface area contributed by atoms with Crippen LogP contribution in [0.3, 0.4) is 0 Å². The Labute approximate surface area is 164 Å². The summed E-state index contributed by atoms with van der Waals surface area (Å²) < 4.78 is 28.1. The van der Waals surface area contributed by atoms with Crippen molar-refractivity contribution in [2.75, 3.05) is 16.6 Å². The van der Waals surface area contributed by atoms with Gasteiger partial charge >= 0.3 is 0 Å². The Morgan fingerprint density at radius 1 is 1.00 bits per heavy atom. The fraction of sp³-hybridized carbons (Fsp3) is 0.263. The third kappa shape index (κ3) is 4.87. The van der Waals surface area contributed by atoms with Crippen molar-refractivity contribution in [3.8, 4) is 0 Å². The number of aromatic nitrogens is 2. The van der Waals surface area contributed by atoms with Gasteiger partial charge in [0.25, 0.3) is 10.0 Å². The number of hydrogen-bond donors (Lipinski definition) is 2. The van der Waals surface area contributed by atoms with Crippen molar-refractivity contribution in [1.82, 2.24) is 9.97 Å². The van der Waals surface area contributed by atoms with Gasteiger partial charge in [0.1, 0.15) is 0 Å². The Bertz CT molecular complexity index is 1050. The molecule has 6 nitrogen and oxygen atoms in total. The Kier molecular flexibility index (Phi) is 5.82. The summed E-state index contributed by atoms with van der Waals surface area (Å²) in [7, 11) is -3.85. The zero-order valence-corrected chi connectivity index (χ0v) is 16.7. The average Bonchev–Trinajstić information content (AvgIpc) is 2.61. The summed E-state index contributed by atoms with van der Waals surface area (Å²) in [5.74, 6) is 1.08. The van der Waals surface area contributed by atoms with Gasteiger partial charge in [0.05, 0.1) is 15.9 Å². The van der Waals surface area contributed by atoms with Gasteiger partial charge in [-0.3, -0.25) is 4.72 Å². The molecule has 0 bridgehead atoms. The van der Waals surface area contributed by atoms with Crippen molar-refractivity contribution in [2.45, 2.75) is 25.2 Å². The molecule has 0 atom stereocenters. The summed E-state index contributed by atoms with van der Waals surface area (Å²) in [6, 6.07) is 13.4. The van der Waals surface area contributed by atoms with Gasteiger partial charge < -0.3 is 5.32 Å². The zero-order chi connectivity index (χ0) is 19.4. The van der Waals surface area contributed by atoms with Crippen LogP contribution in [0.5, 0.6) is 0 Å². The topological polar surface area (TPSA) is 84.0 Å². The minimum atomic E-state index is -3.85. The molecule has 142 valence electrons. The lowest BCUT2D eigenvalue weighted by Gasteiger charge is -2.14. The fourth-order valence-corrected chi connectivity index (χ4v) is 3.80. The number of fused-ring (bicyclic) bond motifs is 1. The highest BCUT2D eigenvalue weighted by molar-refractivity contribution is 7.92. The second-order valence-corrected chi connectivity index (χ2v) is 8.70. The molecule has 0 saturated carbocycles. The third-order valence-corrected chi connectivity index (χ3v) is 5.49. The molecule has 1 heterocycles. The molecule has 0 aliphatic heterocycles. The number of halogens is 1. The lowest BCUT2D eigenvalue weighted by atomic mass is 10.1. The van der Waals surface area contributed by atoms with E-state index in [1.807, 2.05) is 18.2 Å². The summed E-state index contributed by atoms with van der Waals surface area (Å²) in [5, 5.41) is 3.54. The van der Waals surface area contributed by atoms with Gasteiger partial charge in [0.15, 0.2) is 11.6 Å². The molecule has 0 aliphatic carbocycles. The number of hydrogen-bond acceptors (Lipinski definition) is 5. The van der Waals surface area contributed by atoms with Crippen LogP contribution in [0, 0.1) is 5.92 Å². The summed E-state index contributed by atoms with van der Waals surface area (Å²) in [6.45, 7) is 4.91. The Morgan fingerprint density at radius 2 is 1.67 bits per heavy atom. The van der Waals surface area contributed by atoms with Crippen LogP contribution in [-0.4, -0.2) is 24.9 Å². The normalized spacial score (nSPS) is 11.7. The first-order valence-corrected chi connectivity index (χ1v) is 10.5. The van der Waals surface area contributed by atoms with Crippen molar-refractivity contribution in [1.29, 1.82) is 0 Å². The smallest absolute Gasteiger partial charge is 0.263 e. The first kappa shape index (κ1) is 19.4. The predicted octanol–water partition coefficient (Wildman–Crippen LogP) is 4.54. The standard InChI is InChI=1S/C19H21ClN4O2S/c1-13(2)10-11-21-18-19(23-17-9-4-3-8-16(17)22-18)24-27(25,26)15-7-5-6-14(20)12-15/h3-9,12-13H,10-11H2,1-2H3,(H,21,22)(H,23,24). The van der Waals surface area contributed by atoms with E-state index >= 15 is 0 Å². The maximum Gasteiger partial charge on any atom is 0.263 e. The number of sulfonamides is 1. The van der Waals surface area contributed by atoms with Crippen LogP contribution >= 0.6 is 11.6 Å². The van der Waals surface area contributed by atoms with Crippen LogP contribution in [-0.2, 0) is 10.0 Å². The minimum absolute atomic E-state index is 0.0677. The zero-order valence-electron chi connectivity index (χ0n) is 15.1. The number of rotatable bonds is 7. The van der Waals surface area contributed by atoms with E-state index in [0.29, 0.717) is 34.3 Å². The second-order valence-electron chi connectivity index (χ2n) is 6.58. The first-order valence-electron chi connectivity index (χ1n) is 8.64. The van der Waals surface area contributed by atoms with Gasteiger partial charge in [-0.15, -0.1) is 0 Å². The van der Waals surface area contributed by atoms with Crippen molar-refractivity contribution in [3.05, 3.63) is 53.6 Å². The van der Waals surface area contributed by atoms with E-state index in [4.69, 9.17) is 11.6 Å². The Morgan fingerprint density at radius 3 is 2.30 bits per heavy atom. The van der Waals surface area contributed by atoms with Crippen LogP contribution in [0.4, 0.5) is 11.6 Å². The molecule has 0 fully saturated rings. The Balaban J connectivity index is 1.98. The molecule has 27 heavy (non-hydrogen) atoms. The fourth-order valence-electron chi connectivity index (χ4n) is 2.49. The predicted molar refractivity (Wildman–Crippen MR) is 110 cm³/mol. The van der Waals surface area contributed by atoms with Gasteiger partial charge in [0.2, 0.25) is 0 Å². The molecule has 3 rings (SSSR count). The lowest BCUT2D eigenvalue weighted by molar-refractivity contribution is 0.600. The largest absolute Gasteiger partial charge is 0.367 e. The van der Waals surface area contributed by atoms with Crippen LogP contribution in [0.1, 0.15) is 20.3 Å². The maximum absolute atomic E-state index is 12.8. The van der Waals surface area contributed by atoms with Crippen molar-refractivity contribution < 1.29 is 8.42 Å². The monoisotopic (exact) mass is 404 g/mol. The van der Waals surface area contributed by atoms with Gasteiger partial charge in [0, 0.05) is 11.6 Å². The number of nitrogens with zero attached hydrogens (tertiary/aromatic N) is 2. The van der Waals surface area contributed by atoms with Gasteiger partial charge in [-0.1, -0.05) is 43.6 Å². The SMILES string of the molecule is CC(C)CCNc1nc2ccccc2nc1NS(=O)(=O)c1cccc(Cl)c1. The van der Waals surface area contributed by atoms with Crippen LogP contribution in [0.2, 0.25) is 5.02 Å². The molecular weight excluding hydrogens is 384 g/mol. The first-order chi connectivity index (χ1) is 12.8. The van der Waals surface area contributed by atoms with Gasteiger partial charge in [-0.2, -0.15) is 0 Å². The highest BCUT2D eigenvalue weighted by Crippen LogP contribution is 2.25. The highest BCUT2D eigenvalue weighted by atomic mass is 35.5. The van der Waals surface area contributed by atoms with Crippen LogP contribution < -0.4 is 10.0 Å². The van der Waals surface area contributed by atoms with Crippen LogP contribution in [0.15, 0.2) is 53.4 Å². The number of anilines is 2. The number of para-hydroxylation sites is 2. The van der Waals surface area contributed by atoms with Gasteiger partial charge in [-0.05, 0) is 42.7 Å². The summed E-state index contributed by atoms with van der Waals surface area (Å²) in [6.07, 6.45) is 0.926. The number of benzene rings is 2. The van der Waals surface area contributed by atoms with Crippen molar-refractivity contribution >= 4 is 44.3 Å². The molecule has 0 spiro atoms. The summed E-state index contributed by atoms with van der Waals surface area (Å²) >= 11 is 5.93. The second kappa shape index (κ2) is 8.10. The maximum atomic E-state index is 12.8. The summed E-state index contributed by atoms with van der Waals surface area (Å²) in [5.41, 5.74) is 1.30. The molecule has 3 aromatic rings. The molecule has 0 saturated heterocycles. The van der Waals surface area contributed by atoms with Crippen molar-refractivity contribution in [3.63, 3.8) is 0 Å². The van der Waals surface area contributed by atoms with Crippen LogP contribution in [0.25, 0.3) is 11.0 Å². The number of nitrogens with one attached hydrogen (secondary N) is 2. The summed E-state index contributed by atoms with van der Waals surface area (Å²) in [4.78, 5) is 9.07. The molecular formula is C19H21ClN4O2S. The van der Waals surface area contributed by atoms with E-state index in [2.05, 4.69) is 33.9 Å². The molecule has 0 unspecified atom stereocenters. The molecule has 8 heteroatoms. The molecule has 1 aromatic heterocycles. The molecule has 0 radical (unpaired) electrons. The van der Waals surface area contributed by atoms with E-state index < -0.39 is 10.0 Å². The van der Waals surface area contributed by atoms with Crippen molar-refractivity contribution in [2.24, 2.45) is 5.92 Å². The third-order valence-electron chi connectivity index (χ3n) is 3.92. The van der Waals surface area contributed by atoms with E-state index in [0.717, 1.165) is 6.42 Å². The molecule has 0 amide bonds. The van der Waals surface area contributed by atoms with E-state index in [1.54, 1.807) is 18.2 Å². The molecule has 0 aliphatic rings. The molecule has 2 N–H and O–H groups in total. The lowest BCUT2D eigenvalue weighted by Crippen LogP contribution is -2.17. The quantitative estimate of drug-likeness (QED) is 0.603. The van der Waals surface area contributed by atoms with Gasteiger partial charge in [-0.25, -0.2) is 18.4 Å². The van der Waals surface area contributed by atoms with E-state index in [1.165, 1.54) is 12.1 Å². The Hall–Kier alpha value is -2.38. The molecule has 2 aromatic carbocycles. The van der Waals surface area contributed by atoms with E-state index in [-0.39, 0.29) is 10.7 Å². The average molecular weight is 405 g/mol. The minimum Gasteiger partial charge on any atom is -0.367 e.